The molecule has 0 aliphatic heterocycles. The average Bonchev–Trinajstić information content (AvgIpc) is 2.25. The summed E-state index contributed by atoms with van der Waals surface area (Å²) in [6.07, 6.45) is 0.925. The van der Waals surface area contributed by atoms with Crippen molar-refractivity contribution < 1.29 is 22.3 Å². The van der Waals surface area contributed by atoms with Crippen LogP contribution in [0, 0.1) is 5.82 Å². The van der Waals surface area contributed by atoms with E-state index < -0.39 is 27.5 Å². The van der Waals surface area contributed by atoms with Gasteiger partial charge in [0.15, 0.2) is 9.84 Å². The maximum atomic E-state index is 13.5. The van der Waals surface area contributed by atoms with E-state index in [1.54, 1.807) is 6.92 Å². The monoisotopic (exact) mass is 260 g/mol. The van der Waals surface area contributed by atoms with Gasteiger partial charge in [-0.2, -0.15) is 0 Å². The van der Waals surface area contributed by atoms with Gasteiger partial charge in [0, 0.05) is 6.26 Å². The van der Waals surface area contributed by atoms with Gasteiger partial charge in [0.1, 0.15) is 10.7 Å². The van der Waals surface area contributed by atoms with E-state index in [1.165, 1.54) is 13.2 Å². The quantitative estimate of drug-likeness (QED) is 0.773. The van der Waals surface area contributed by atoms with Crippen LogP contribution in [0.2, 0.25) is 0 Å². The van der Waals surface area contributed by atoms with Crippen molar-refractivity contribution >= 4 is 15.8 Å². The van der Waals surface area contributed by atoms with Crippen molar-refractivity contribution in [2.45, 2.75) is 17.7 Å². The normalized spacial score (nSPS) is 13.2. The highest BCUT2D eigenvalue weighted by Crippen LogP contribution is 2.22. The number of hydrogen-bond donors (Lipinski definition) is 0. The molecule has 0 radical (unpaired) electrons. The first-order valence-corrected chi connectivity index (χ1v) is 6.74. The first kappa shape index (κ1) is 13.6. The summed E-state index contributed by atoms with van der Waals surface area (Å²) < 4.78 is 40.5. The smallest absolute Gasteiger partial charge is 0.312 e. The molecule has 1 atom stereocenters. The molecule has 17 heavy (non-hydrogen) atoms. The topological polar surface area (TPSA) is 60.4 Å². The summed E-state index contributed by atoms with van der Waals surface area (Å²) in [5, 5.41) is 0. The van der Waals surface area contributed by atoms with Crippen LogP contribution in [0.4, 0.5) is 4.39 Å². The van der Waals surface area contributed by atoms with Crippen molar-refractivity contribution in [2.24, 2.45) is 0 Å². The Labute approximate surface area is 99.3 Å². The lowest BCUT2D eigenvalue weighted by atomic mass is 10.0. The van der Waals surface area contributed by atoms with Gasteiger partial charge in [0.2, 0.25) is 0 Å². The number of hydrogen-bond acceptors (Lipinski definition) is 4. The minimum atomic E-state index is -3.59. The van der Waals surface area contributed by atoms with Crippen LogP contribution >= 0.6 is 0 Å². The van der Waals surface area contributed by atoms with Crippen LogP contribution in [-0.4, -0.2) is 27.8 Å². The summed E-state index contributed by atoms with van der Waals surface area (Å²) in [7, 11) is -2.36. The van der Waals surface area contributed by atoms with Crippen molar-refractivity contribution in [1.29, 1.82) is 0 Å². The molecule has 0 aliphatic carbocycles. The summed E-state index contributed by atoms with van der Waals surface area (Å²) in [4.78, 5) is 10.9. The highest BCUT2D eigenvalue weighted by molar-refractivity contribution is 7.90. The van der Waals surface area contributed by atoms with E-state index in [9.17, 15) is 17.6 Å². The van der Waals surface area contributed by atoms with Gasteiger partial charge >= 0.3 is 5.97 Å². The Bertz CT molecular complexity index is 536. The Balaban J connectivity index is 3.18. The number of carbonyl (C=O) groups excluding carboxylic acids is 1. The molecule has 94 valence electrons. The van der Waals surface area contributed by atoms with Gasteiger partial charge in [-0.25, -0.2) is 12.8 Å². The molecule has 0 unspecified atom stereocenters. The molecule has 1 aromatic rings. The van der Waals surface area contributed by atoms with Crippen LogP contribution in [0.15, 0.2) is 23.1 Å². The second-order valence-corrected chi connectivity index (χ2v) is 5.69. The van der Waals surface area contributed by atoms with E-state index in [2.05, 4.69) is 4.74 Å². The molecule has 0 spiro atoms. The molecule has 6 heteroatoms. The molecule has 1 rings (SSSR count). The van der Waals surface area contributed by atoms with Gasteiger partial charge in [-0.3, -0.25) is 4.79 Å². The van der Waals surface area contributed by atoms with Crippen LogP contribution in [0.1, 0.15) is 18.4 Å². The number of carbonyl (C=O) groups is 1. The van der Waals surface area contributed by atoms with E-state index in [0.717, 1.165) is 18.4 Å². The zero-order valence-electron chi connectivity index (χ0n) is 9.73. The molecule has 0 bridgehead atoms. The molecular weight excluding hydrogens is 247 g/mol. The Kier molecular flexibility index (Phi) is 3.87. The van der Waals surface area contributed by atoms with Crippen molar-refractivity contribution in [2.75, 3.05) is 13.4 Å². The van der Waals surface area contributed by atoms with Gasteiger partial charge < -0.3 is 4.74 Å². The largest absolute Gasteiger partial charge is 0.469 e. The van der Waals surface area contributed by atoms with Gasteiger partial charge in [-0.15, -0.1) is 0 Å². The van der Waals surface area contributed by atoms with Gasteiger partial charge in [0.05, 0.1) is 13.0 Å². The predicted molar refractivity (Wildman–Crippen MR) is 59.9 cm³/mol. The maximum Gasteiger partial charge on any atom is 0.312 e. The fraction of sp³-hybridized carbons (Fsp3) is 0.364. The molecule has 0 saturated heterocycles. The molecular formula is C11H13FO4S. The molecule has 0 aromatic heterocycles. The second-order valence-electron chi connectivity index (χ2n) is 3.71. The minimum Gasteiger partial charge on any atom is -0.469 e. The van der Waals surface area contributed by atoms with Gasteiger partial charge in [0.25, 0.3) is 0 Å². The zero-order chi connectivity index (χ0) is 13.2. The minimum absolute atomic E-state index is 0.377. The Morgan fingerprint density at radius 3 is 2.41 bits per heavy atom. The molecule has 0 fully saturated rings. The highest BCUT2D eigenvalue weighted by atomic mass is 32.2. The van der Waals surface area contributed by atoms with E-state index in [0.29, 0.717) is 5.56 Å². The maximum absolute atomic E-state index is 13.5. The third-order valence-electron chi connectivity index (χ3n) is 2.41. The summed E-state index contributed by atoms with van der Waals surface area (Å²) in [6, 6.07) is 3.60. The van der Waals surface area contributed by atoms with Crippen LogP contribution in [0.25, 0.3) is 0 Å². The lowest BCUT2D eigenvalue weighted by Gasteiger charge is -2.10. The van der Waals surface area contributed by atoms with E-state index >= 15 is 0 Å². The van der Waals surface area contributed by atoms with Crippen molar-refractivity contribution in [3.63, 3.8) is 0 Å². The lowest BCUT2D eigenvalue weighted by molar-refractivity contribution is -0.141. The number of sulfone groups is 1. The summed E-state index contributed by atoms with van der Waals surface area (Å²) in [5.74, 6) is -2.00. The number of rotatable bonds is 3. The molecule has 0 saturated carbocycles. The number of esters is 1. The standard InChI is InChI=1S/C11H13FO4S/c1-7(11(13)16-2)8-4-5-10(9(12)6-8)17(3,14)15/h4-7H,1-3H3/t7-/m0/s1. The summed E-state index contributed by atoms with van der Waals surface area (Å²) >= 11 is 0. The second kappa shape index (κ2) is 4.83. The fourth-order valence-electron chi connectivity index (χ4n) is 1.40. The first-order valence-electron chi connectivity index (χ1n) is 4.84. The SMILES string of the molecule is COC(=O)[C@@H](C)c1ccc(S(C)(=O)=O)c(F)c1. The molecule has 1 aromatic carbocycles. The van der Waals surface area contributed by atoms with E-state index in [1.807, 2.05) is 0 Å². The summed E-state index contributed by atoms with van der Waals surface area (Å²) in [6.45, 7) is 1.56. The Hall–Kier alpha value is -1.43. The third kappa shape index (κ3) is 3.03. The average molecular weight is 260 g/mol. The van der Waals surface area contributed by atoms with Crippen molar-refractivity contribution in [1.82, 2.24) is 0 Å². The van der Waals surface area contributed by atoms with Crippen molar-refractivity contribution in [3.05, 3.63) is 29.6 Å². The van der Waals surface area contributed by atoms with E-state index in [-0.39, 0.29) is 4.90 Å². The third-order valence-corrected chi connectivity index (χ3v) is 3.54. The van der Waals surface area contributed by atoms with Gasteiger partial charge in [-0.05, 0) is 24.6 Å². The van der Waals surface area contributed by atoms with Crippen LogP contribution in [-0.2, 0) is 19.4 Å². The van der Waals surface area contributed by atoms with Crippen LogP contribution in [0.3, 0.4) is 0 Å². The number of ether oxygens (including phenoxy) is 1. The van der Waals surface area contributed by atoms with Crippen LogP contribution in [0.5, 0.6) is 0 Å². The zero-order valence-corrected chi connectivity index (χ0v) is 10.5. The summed E-state index contributed by atoms with van der Waals surface area (Å²) in [5.41, 5.74) is 0.377. The number of halogens is 1. The molecule has 4 nitrogen and oxygen atoms in total. The van der Waals surface area contributed by atoms with E-state index in [4.69, 9.17) is 0 Å². The lowest BCUT2D eigenvalue weighted by Crippen LogP contribution is -2.11. The molecule has 0 heterocycles. The number of benzene rings is 1. The Morgan fingerprint density at radius 2 is 2.00 bits per heavy atom. The molecule has 0 amide bonds. The van der Waals surface area contributed by atoms with Crippen molar-refractivity contribution in [3.8, 4) is 0 Å². The first-order chi connectivity index (χ1) is 7.77. The predicted octanol–water partition coefficient (Wildman–Crippen LogP) is 1.51. The molecule has 0 aliphatic rings. The number of methoxy groups -OCH3 is 1. The Morgan fingerprint density at radius 1 is 1.41 bits per heavy atom. The van der Waals surface area contributed by atoms with Gasteiger partial charge in [-0.1, -0.05) is 6.07 Å². The fourth-order valence-corrected chi connectivity index (χ4v) is 2.13. The highest BCUT2D eigenvalue weighted by Gasteiger charge is 2.19. The molecule has 0 N–H and O–H groups in total. The van der Waals surface area contributed by atoms with Crippen LogP contribution < -0.4 is 0 Å².